The van der Waals surface area contributed by atoms with Crippen molar-refractivity contribution in [3.8, 4) is 0 Å². The van der Waals surface area contributed by atoms with Gasteiger partial charge < -0.3 is 10.1 Å². The zero-order valence-corrected chi connectivity index (χ0v) is 11.8. The molecule has 1 unspecified atom stereocenters. The SMILES string of the molecule is CC(C)N1CCOC(CNC(C)(C)C2CC2)C1. The number of ether oxygens (including phenoxy) is 1. The van der Waals surface area contributed by atoms with Crippen LogP contribution in [0.1, 0.15) is 40.5 Å². The normalized spacial score (nSPS) is 27.7. The first-order valence-electron chi connectivity index (χ1n) is 7.09. The summed E-state index contributed by atoms with van der Waals surface area (Å²) in [5.74, 6) is 0.882. The third kappa shape index (κ3) is 3.67. The molecule has 0 spiro atoms. The molecule has 1 saturated heterocycles. The second-order valence-corrected chi connectivity index (χ2v) is 6.46. The predicted molar refractivity (Wildman–Crippen MR) is 71.3 cm³/mol. The standard InChI is InChI=1S/C14H28N2O/c1-11(2)16-7-8-17-13(10-16)9-15-14(3,4)12-5-6-12/h11-13,15H,5-10H2,1-4H3. The molecule has 1 N–H and O–H groups in total. The number of hydrogen-bond acceptors (Lipinski definition) is 3. The highest BCUT2D eigenvalue weighted by molar-refractivity contribution is 4.95. The van der Waals surface area contributed by atoms with Crippen LogP contribution >= 0.6 is 0 Å². The Balaban J connectivity index is 1.75. The van der Waals surface area contributed by atoms with E-state index in [-0.39, 0.29) is 0 Å². The molecular formula is C14H28N2O. The van der Waals surface area contributed by atoms with Gasteiger partial charge in [-0.2, -0.15) is 0 Å². The molecule has 1 aliphatic carbocycles. The van der Waals surface area contributed by atoms with E-state index in [0.717, 1.165) is 32.2 Å². The van der Waals surface area contributed by atoms with Crippen LogP contribution in [0.25, 0.3) is 0 Å². The fourth-order valence-corrected chi connectivity index (χ4v) is 2.66. The van der Waals surface area contributed by atoms with E-state index in [1.54, 1.807) is 0 Å². The first-order valence-corrected chi connectivity index (χ1v) is 7.09. The van der Waals surface area contributed by atoms with Crippen LogP contribution in [-0.4, -0.2) is 48.8 Å². The van der Waals surface area contributed by atoms with Crippen LogP contribution in [0, 0.1) is 5.92 Å². The van der Waals surface area contributed by atoms with E-state index < -0.39 is 0 Å². The van der Waals surface area contributed by atoms with E-state index in [2.05, 4.69) is 37.9 Å². The lowest BCUT2D eigenvalue weighted by Crippen LogP contribution is -2.52. The minimum absolute atomic E-state index is 0.295. The highest BCUT2D eigenvalue weighted by Crippen LogP contribution is 2.39. The van der Waals surface area contributed by atoms with Crippen molar-refractivity contribution in [2.75, 3.05) is 26.2 Å². The first kappa shape index (κ1) is 13.3. The Morgan fingerprint density at radius 1 is 1.35 bits per heavy atom. The largest absolute Gasteiger partial charge is 0.374 e. The molecule has 0 bridgehead atoms. The van der Waals surface area contributed by atoms with Crippen LogP contribution in [0.3, 0.4) is 0 Å². The van der Waals surface area contributed by atoms with E-state index in [9.17, 15) is 0 Å². The van der Waals surface area contributed by atoms with Gasteiger partial charge in [0.25, 0.3) is 0 Å². The maximum absolute atomic E-state index is 5.85. The number of rotatable bonds is 5. The monoisotopic (exact) mass is 240 g/mol. The Kier molecular flexibility index (Phi) is 4.11. The lowest BCUT2D eigenvalue weighted by Gasteiger charge is -2.37. The summed E-state index contributed by atoms with van der Waals surface area (Å²) in [5, 5.41) is 3.70. The lowest BCUT2D eigenvalue weighted by atomic mass is 9.98. The maximum atomic E-state index is 5.85. The Morgan fingerprint density at radius 3 is 2.65 bits per heavy atom. The Hall–Kier alpha value is -0.120. The predicted octanol–water partition coefficient (Wildman–Crippen LogP) is 1.87. The van der Waals surface area contributed by atoms with Gasteiger partial charge in [-0.3, -0.25) is 4.90 Å². The van der Waals surface area contributed by atoms with E-state index in [4.69, 9.17) is 4.74 Å². The molecular weight excluding hydrogens is 212 g/mol. The van der Waals surface area contributed by atoms with Gasteiger partial charge in [0.15, 0.2) is 0 Å². The number of hydrogen-bond donors (Lipinski definition) is 1. The van der Waals surface area contributed by atoms with Crippen LogP contribution < -0.4 is 5.32 Å². The average molecular weight is 240 g/mol. The van der Waals surface area contributed by atoms with Crippen LogP contribution in [0.4, 0.5) is 0 Å². The molecule has 1 saturated carbocycles. The molecule has 0 amide bonds. The second-order valence-electron chi connectivity index (χ2n) is 6.46. The quantitative estimate of drug-likeness (QED) is 0.794. The molecule has 17 heavy (non-hydrogen) atoms. The van der Waals surface area contributed by atoms with E-state index in [0.29, 0.717) is 17.7 Å². The first-order chi connectivity index (χ1) is 7.99. The summed E-state index contributed by atoms with van der Waals surface area (Å²) in [4.78, 5) is 2.51. The van der Waals surface area contributed by atoms with Gasteiger partial charge in [0.2, 0.25) is 0 Å². The molecule has 1 heterocycles. The molecule has 2 aliphatic rings. The summed E-state index contributed by atoms with van der Waals surface area (Å²) >= 11 is 0. The van der Waals surface area contributed by atoms with Crippen molar-refractivity contribution in [2.45, 2.75) is 58.2 Å². The molecule has 3 heteroatoms. The van der Waals surface area contributed by atoms with Gasteiger partial charge in [-0.1, -0.05) is 0 Å². The third-order valence-corrected chi connectivity index (χ3v) is 4.28. The molecule has 1 atom stereocenters. The second kappa shape index (κ2) is 5.25. The van der Waals surface area contributed by atoms with Gasteiger partial charge in [-0.25, -0.2) is 0 Å². The fraction of sp³-hybridized carbons (Fsp3) is 1.00. The molecule has 3 nitrogen and oxygen atoms in total. The number of morpholine rings is 1. The number of nitrogens with zero attached hydrogens (tertiary/aromatic N) is 1. The van der Waals surface area contributed by atoms with Gasteiger partial charge >= 0.3 is 0 Å². The molecule has 2 rings (SSSR count). The van der Waals surface area contributed by atoms with Gasteiger partial charge in [0, 0.05) is 31.2 Å². The van der Waals surface area contributed by atoms with Crippen molar-refractivity contribution in [3.63, 3.8) is 0 Å². The van der Waals surface area contributed by atoms with Crippen molar-refractivity contribution in [2.24, 2.45) is 5.92 Å². The van der Waals surface area contributed by atoms with Crippen molar-refractivity contribution in [1.82, 2.24) is 10.2 Å². The molecule has 0 aromatic rings. The maximum Gasteiger partial charge on any atom is 0.0827 e. The van der Waals surface area contributed by atoms with Crippen LogP contribution in [0.15, 0.2) is 0 Å². The molecule has 1 aliphatic heterocycles. The average Bonchev–Trinajstić information content (AvgIpc) is 3.11. The summed E-state index contributed by atoms with van der Waals surface area (Å²) in [6.07, 6.45) is 3.15. The summed E-state index contributed by atoms with van der Waals surface area (Å²) in [6.45, 7) is 13.2. The smallest absolute Gasteiger partial charge is 0.0827 e. The third-order valence-electron chi connectivity index (χ3n) is 4.28. The minimum atomic E-state index is 0.295. The van der Waals surface area contributed by atoms with Crippen molar-refractivity contribution in [1.29, 1.82) is 0 Å². The van der Waals surface area contributed by atoms with Crippen LogP contribution in [0.2, 0.25) is 0 Å². The van der Waals surface area contributed by atoms with Gasteiger partial charge in [-0.05, 0) is 46.5 Å². The van der Waals surface area contributed by atoms with E-state index >= 15 is 0 Å². The Morgan fingerprint density at radius 2 is 2.06 bits per heavy atom. The Bertz CT molecular complexity index is 249. The minimum Gasteiger partial charge on any atom is -0.374 e. The van der Waals surface area contributed by atoms with Crippen LogP contribution in [-0.2, 0) is 4.74 Å². The van der Waals surface area contributed by atoms with Crippen molar-refractivity contribution in [3.05, 3.63) is 0 Å². The zero-order chi connectivity index (χ0) is 12.5. The van der Waals surface area contributed by atoms with Crippen molar-refractivity contribution >= 4 is 0 Å². The van der Waals surface area contributed by atoms with Gasteiger partial charge in [-0.15, -0.1) is 0 Å². The van der Waals surface area contributed by atoms with Crippen molar-refractivity contribution < 1.29 is 4.74 Å². The topological polar surface area (TPSA) is 24.5 Å². The highest BCUT2D eigenvalue weighted by atomic mass is 16.5. The highest BCUT2D eigenvalue weighted by Gasteiger charge is 2.37. The molecule has 0 radical (unpaired) electrons. The number of nitrogens with one attached hydrogen (secondary N) is 1. The lowest BCUT2D eigenvalue weighted by molar-refractivity contribution is -0.0399. The zero-order valence-electron chi connectivity index (χ0n) is 11.8. The molecule has 0 aromatic carbocycles. The Labute approximate surface area is 106 Å². The summed E-state index contributed by atoms with van der Waals surface area (Å²) in [7, 11) is 0. The van der Waals surface area contributed by atoms with Gasteiger partial charge in [0.05, 0.1) is 12.7 Å². The van der Waals surface area contributed by atoms with E-state index in [1.807, 2.05) is 0 Å². The fourth-order valence-electron chi connectivity index (χ4n) is 2.66. The summed E-state index contributed by atoms with van der Waals surface area (Å²) in [5.41, 5.74) is 0.295. The summed E-state index contributed by atoms with van der Waals surface area (Å²) in [6, 6.07) is 0.637. The molecule has 0 aromatic heterocycles. The molecule has 2 fully saturated rings. The van der Waals surface area contributed by atoms with Crippen LogP contribution in [0.5, 0.6) is 0 Å². The van der Waals surface area contributed by atoms with Gasteiger partial charge in [0.1, 0.15) is 0 Å². The molecule has 100 valence electrons. The van der Waals surface area contributed by atoms with E-state index in [1.165, 1.54) is 12.8 Å². The summed E-state index contributed by atoms with van der Waals surface area (Å²) < 4.78 is 5.85.